The molecule has 0 radical (unpaired) electrons. The van der Waals surface area contributed by atoms with Gasteiger partial charge in [-0.3, -0.25) is 20.2 Å². The third-order valence-electron chi connectivity index (χ3n) is 3.08. The summed E-state index contributed by atoms with van der Waals surface area (Å²) < 4.78 is 0. The van der Waals surface area contributed by atoms with Crippen molar-refractivity contribution >= 4 is 11.4 Å². The molecule has 0 aromatic heterocycles. The van der Waals surface area contributed by atoms with Crippen LogP contribution in [-0.4, -0.2) is 9.85 Å². The maximum atomic E-state index is 11.1. The van der Waals surface area contributed by atoms with Crippen LogP contribution in [0.25, 0.3) is 0 Å². The second-order valence-corrected chi connectivity index (χ2v) is 4.09. The van der Waals surface area contributed by atoms with E-state index in [1.807, 2.05) is 0 Å². The molecule has 0 aliphatic heterocycles. The average Bonchev–Trinajstić information content (AvgIpc) is 2.35. The molecule has 7 nitrogen and oxygen atoms in total. The van der Waals surface area contributed by atoms with Crippen LogP contribution in [0.4, 0.5) is 11.4 Å². The molecule has 0 amide bonds. The maximum Gasteiger partial charge on any atom is 0.363 e. The summed E-state index contributed by atoms with van der Waals surface area (Å²) in [5, 5.41) is 30.9. The van der Waals surface area contributed by atoms with E-state index in [-0.39, 0.29) is 5.56 Å². The zero-order chi connectivity index (χ0) is 13.3. The summed E-state index contributed by atoms with van der Waals surface area (Å²) >= 11 is 0. The van der Waals surface area contributed by atoms with E-state index < -0.39 is 21.2 Å². The van der Waals surface area contributed by atoms with E-state index in [9.17, 15) is 20.2 Å². The highest BCUT2D eigenvalue weighted by Crippen LogP contribution is 2.39. The van der Waals surface area contributed by atoms with Crippen molar-refractivity contribution in [2.24, 2.45) is 0 Å². The van der Waals surface area contributed by atoms with Gasteiger partial charge >= 0.3 is 11.4 Å². The van der Waals surface area contributed by atoms with Crippen LogP contribution < -0.4 is 0 Å². The van der Waals surface area contributed by atoms with Crippen molar-refractivity contribution in [3.8, 4) is 6.07 Å². The number of fused-ring (bicyclic) bond motifs is 1. The molecule has 0 atom stereocenters. The highest BCUT2D eigenvalue weighted by molar-refractivity contribution is 5.68. The van der Waals surface area contributed by atoms with E-state index >= 15 is 0 Å². The van der Waals surface area contributed by atoms with Crippen molar-refractivity contribution in [2.75, 3.05) is 0 Å². The maximum absolute atomic E-state index is 11.1. The molecule has 18 heavy (non-hydrogen) atoms. The fourth-order valence-corrected chi connectivity index (χ4v) is 2.34. The molecule has 92 valence electrons. The zero-order valence-corrected chi connectivity index (χ0v) is 9.38. The summed E-state index contributed by atoms with van der Waals surface area (Å²) in [6.07, 6.45) is 2.74. The molecule has 1 aliphatic carbocycles. The van der Waals surface area contributed by atoms with Gasteiger partial charge in [0, 0.05) is 5.56 Å². The van der Waals surface area contributed by atoms with Gasteiger partial charge in [-0.05, 0) is 37.3 Å². The summed E-state index contributed by atoms with van der Waals surface area (Å²) in [5.41, 5.74) is -0.309. The first-order chi connectivity index (χ1) is 8.56. The molecule has 2 rings (SSSR count). The molecular formula is C11H9N3O4. The zero-order valence-electron chi connectivity index (χ0n) is 9.38. The summed E-state index contributed by atoms with van der Waals surface area (Å²) in [5.74, 6) is 0. The van der Waals surface area contributed by atoms with Crippen LogP contribution in [0, 0.1) is 31.6 Å². The van der Waals surface area contributed by atoms with Gasteiger partial charge in [0.1, 0.15) is 11.6 Å². The summed E-state index contributed by atoms with van der Waals surface area (Å²) in [7, 11) is 0. The predicted octanol–water partition coefficient (Wildman–Crippen LogP) is 2.25. The Balaban J connectivity index is 2.83. The molecule has 7 heteroatoms. The first kappa shape index (κ1) is 12.0. The molecular weight excluding hydrogens is 238 g/mol. The van der Waals surface area contributed by atoms with Gasteiger partial charge in [0.15, 0.2) is 0 Å². The molecule has 1 aromatic rings. The molecule has 0 saturated carbocycles. The second kappa shape index (κ2) is 4.41. The van der Waals surface area contributed by atoms with Gasteiger partial charge in [0.25, 0.3) is 0 Å². The molecule has 0 spiro atoms. The van der Waals surface area contributed by atoms with E-state index in [2.05, 4.69) is 0 Å². The number of nitrogens with zero attached hydrogens (tertiary/aromatic N) is 3. The monoisotopic (exact) mass is 247 g/mol. The Labute approximate surface area is 102 Å². The van der Waals surface area contributed by atoms with E-state index in [0.29, 0.717) is 24.0 Å². The van der Waals surface area contributed by atoms with Gasteiger partial charge in [-0.25, -0.2) is 0 Å². The number of rotatable bonds is 2. The van der Waals surface area contributed by atoms with E-state index in [0.717, 1.165) is 12.8 Å². The minimum Gasteiger partial charge on any atom is -0.258 e. The van der Waals surface area contributed by atoms with Crippen molar-refractivity contribution in [3.05, 3.63) is 43.0 Å². The number of hydrogen-bond donors (Lipinski definition) is 0. The lowest BCUT2D eigenvalue weighted by molar-refractivity contribution is -0.423. The lowest BCUT2D eigenvalue weighted by Crippen LogP contribution is -2.10. The number of nitro groups is 2. The molecule has 0 N–H and O–H groups in total. The third kappa shape index (κ3) is 1.78. The Bertz CT molecular complexity index is 589. The van der Waals surface area contributed by atoms with Crippen molar-refractivity contribution in [1.82, 2.24) is 0 Å². The fraction of sp³-hybridized carbons (Fsp3) is 0.364. The lowest BCUT2D eigenvalue weighted by atomic mass is 9.88. The minimum atomic E-state index is -0.842. The van der Waals surface area contributed by atoms with Crippen LogP contribution in [0.1, 0.15) is 29.5 Å². The lowest BCUT2D eigenvalue weighted by Gasteiger charge is -2.15. The van der Waals surface area contributed by atoms with Gasteiger partial charge in [-0.2, -0.15) is 5.26 Å². The van der Waals surface area contributed by atoms with Crippen LogP contribution in [0.2, 0.25) is 0 Å². The van der Waals surface area contributed by atoms with Crippen molar-refractivity contribution < 1.29 is 9.85 Å². The van der Waals surface area contributed by atoms with Crippen molar-refractivity contribution in [2.45, 2.75) is 25.7 Å². The summed E-state index contributed by atoms with van der Waals surface area (Å²) in [6, 6.07) is 3.09. The normalized spacial score (nSPS) is 13.5. The van der Waals surface area contributed by atoms with Crippen LogP contribution in [0.5, 0.6) is 0 Å². The molecule has 0 fully saturated rings. The third-order valence-corrected chi connectivity index (χ3v) is 3.08. The van der Waals surface area contributed by atoms with Crippen molar-refractivity contribution in [1.29, 1.82) is 5.26 Å². The van der Waals surface area contributed by atoms with E-state index in [1.165, 1.54) is 6.07 Å². The molecule has 0 saturated heterocycles. The predicted molar refractivity (Wildman–Crippen MR) is 61.1 cm³/mol. The van der Waals surface area contributed by atoms with Crippen molar-refractivity contribution in [3.63, 3.8) is 0 Å². The van der Waals surface area contributed by atoms with Gasteiger partial charge in [-0.1, -0.05) is 0 Å². The highest BCUT2D eigenvalue weighted by Gasteiger charge is 2.35. The SMILES string of the molecule is N#Cc1cc2c(c([N+](=O)[O-])c1[N+](=O)[O-])CCCC2. The Morgan fingerprint density at radius 2 is 1.72 bits per heavy atom. The second-order valence-electron chi connectivity index (χ2n) is 4.09. The van der Waals surface area contributed by atoms with Crippen LogP contribution in [0.3, 0.4) is 0 Å². The fourth-order valence-electron chi connectivity index (χ4n) is 2.34. The molecule has 0 heterocycles. The number of nitriles is 1. The van der Waals surface area contributed by atoms with Crippen LogP contribution >= 0.6 is 0 Å². The minimum absolute atomic E-state index is 0.229. The first-order valence-corrected chi connectivity index (χ1v) is 5.44. The standard InChI is InChI=1S/C11H9N3O4/c12-6-8-5-7-3-1-2-4-9(7)11(14(17)18)10(8)13(15)16/h5H,1-4H2. The highest BCUT2D eigenvalue weighted by atomic mass is 16.6. The smallest absolute Gasteiger partial charge is 0.258 e. The van der Waals surface area contributed by atoms with Crippen LogP contribution in [0.15, 0.2) is 6.07 Å². The Morgan fingerprint density at radius 1 is 1.11 bits per heavy atom. The van der Waals surface area contributed by atoms with Gasteiger partial charge in [-0.15, -0.1) is 0 Å². The Kier molecular flexibility index (Phi) is 2.93. The van der Waals surface area contributed by atoms with Crippen LogP contribution in [-0.2, 0) is 12.8 Å². The molecule has 1 aliphatic rings. The molecule has 1 aromatic carbocycles. The topological polar surface area (TPSA) is 110 Å². The molecule has 0 unspecified atom stereocenters. The first-order valence-electron chi connectivity index (χ1n) is 5.44. The Morgan fingerprint density at radius 3 is 2.28 bits per heavy atom. The number of nitro benzene ring substituents is 2. The Hall–Kier alpha value is -2.49. The average molecular weight is 247 g/mol. The quantitative estimate of drug-likeness (QED) is 0.587. The van der Waals surface area contributed by atoms with Gasteiger partial charge < -0.3 is 0 Å². The van der Waals surface area contributed by atoms with E-state index in [4.69, 9.17) is 5.26 Å². The van der Waals surface area contributed by atoms with Gasteiger partial charge in [0.2, 0.25) is 0 Å². The largest absolute Gasteiger partial charge is 0.363 e. The summed E-state index contributed by atoms with van der Waals surface area (Å²) in [6.45, 7) is 0. The number of hydrogen-bond acceptors (Lipinski definition) is 5. The molecule has 0 bridgehead atoms. The summed E-state index contributed by atoms with van der Waals surface area (Å²) in [4.78, 5) is 20.4. The number of aryl methyl sites for hydroxylation is 1. The van der Waals surface area contributed by atoms with Gasteiger partial charge in [0.05, 0.1) is 9.85 Å². The number of benzene rings is 1. The van der Waals surface area contributed by atoms with E-state index in [1.54, 1.807) is 6.07 Å².